The van der Waals surface area contributed by atoms with Gasteiger partial charge >= 0.3 is 6.09 Å². The molecule has 0 aliphatic carbocycles. The zero-order valence-corrected chi connectivity index (χ0v) is 22.5. The molecule has 1 aromatic heterocycles. The van der Waals surface area contributed by atoms with E-state index in [2.05, 4.69) is 44.6 Å². The lowest BCUT2D eigenvalue weighted by Gasteiger charge is -2.36. The summed E-state index contributed by atoms with van der Waals surface area (Å²) in [6.07, 6.45) is -0.166. The Labute approximate surface area is 223 Å². The highest BCUT2D eigenvalue weighted by molar-refractivity contribution is 5.98. The molecule has 0 radical (unpaired) electrons. The van der Waals surface area contributed by atoms with E-state index in [1.807, 2.05) is 12.1 Å². The number of nitrogens with one attached hydrogen (secondary N) is 2. The van der Waals surface area contributed by atoms with Crippen LogP contribution in [0.25, 0.3) is 0 Å². The Morgan fingerprint density at radius 1 is 1.11 bits per heavy atom. The van der Waals surface area contributed by atoms with E-state index in [9.17, 15) is 9.59 Å². The predicted molar refractivity (Wildman–Crippen MR) is 147 cm³/mol. The van der Waals surface area contributed by atoms with Gasteiger partial charge in [-0.15, -0.1) is 0 Å². The van der Waals surface area contributed by atoms with Crippen LogP contribution in [0.15, 0.2) is 36.5 Å². The van der Waals surface area contributed by atoms with Crippen LogP contribution in [0.1, 0.15) is 37.6 Å². The molecule has 4 N–H and O–H groups in total. The Bertz CT molecular complexity index is 1130. The second kappa shape index (κ2) is 11.4. The zero-order valence-electron chi connectivity index (χ0n) is 22.5. The molecule has 0 bridgehead atoms. The summed E-state index contributed by atoms with van der Waals surface area (Å²) in [6, 6.07) is 9.14. The molecule has 1 aromatic carbocycles. The van der Waals surface area contributed by atoms with Gasteiger partial charge in [0.05, 0.1) is 23.8 Å². The minimum atomic E-state index is -1.36. The number of amides is 2. The Morgan fingerprint density at radius 3 is 2.39 bits per heavy atom. The van der Waals surface area contributed by atoms with Crippen molar-refractivity contribution in [2.45, 2.75) is 45.0 Å². The average molecular weight is 528 g/mol. The van der Waals surface area contributed by atoms with E-state index in [4.69, 9.17) is 10.5 Å². The lowest BCUT2D eigenvalue weighted by atomic mass is 10.0. The topological polar surface area (TPSA) is 116 Å². The molecular formula is C27H38FN7O3. The number of pyridine rings is 1. The van der Waals surface area contributed by atoms with Gasteiger partial charge in [-0.25, -0.2) is 14.2 Å². The number of benzene rings is 1. The number of alkyl halides is 1. The van der Waals surface area contributed by atoms with E-state index in [0.29, 0.717) is 24.5 Å². The van der Waals surface area contributed by atoms with E-state index in [0.717, 1.165) is 37.6 Å². The average Bonchev–Trinajstić information content (AvgIpc) is 2.85. The minimum Gasteiger partial charge on any atom is -0.444 e. The molecule has 10 nitrogen and oxygen atoms in total. The van der Waals surface area contributed by atoms with Gasteiger partial charge in [0.15, 0.2) is 0 Å². The molecule has 2 atom stereocenters. The van der Waals surface area contributed by atoms with Crippen LogP contribution in [0.2, 0.25) is 0 Å². The summed E-state index contributed by atoms with van der Waals surface area (Å²) in [5, 5.41) is 6.37. The van der Waals surface area contributed by atoms with Gasteiger partial charge in [0, 0.05) is 56.4 Å². The monoisotopic (exact) mass is 527 g/mol. The third kappa shape index (κ3) is 7.03. The lowest BCUT2D eigenvalue weighted by molar-refractivity contribution is 0.0125. The van der Waals surface area contributed by atoms with Crippen molar-refractivity contribution in [3.63, 3.8) is 0 Å². The molecule has 3 heterocycles. The van der Waals surface area contributed by atoms with Crippen LogP contribution in [-0.4, -0.2) is 90.9 Å². The highest BCUT2D eigenvalue weighted by Gasteiger charge is 2.34. The number of nitrogens with two attached hydrogens (primary N) is 1. The number of primary amides is 1. The number of halogens is 1. The van der Waals surface area contributed by atoms with Crippen molar-refractivity contribution >= 4 is 34.9 Å². The van der Waals surface area contributed by atoms with E-state index < -0.39 is 29.8 Å². The SMILES string of the molecule is CN1CCN(c2ccc(Nc3cc(N[C@@H]4CCN(C(=O)OC(C)(C)C)C[C@@H]4F)c(C(N)=O)cn3)cc2)CC1. The third-order valence-electron chi connectivity index (χ3n) is 6.71. The third-order valence-corrected chi connectivity index (χ3v) is 6.71. The molecule has 2 aromatic rings. The number of hydrogen-bond donors (Lipinski definition) is 3. The van der Waals surface area contributed by atoms with E-state index in [-0.39, 0.29) is 12.1 Å². The maximum atomic E-state index is 15.1. The second-order valence-corrected chi connectivity index (χ2v) is 10.9. The van der Waals surface area contributed by atoms with Gasteiger partial charge < -0.3 is 35.8 Å². The number of piperidine rings is 1. The highest BCUT2D eigenvalue weighted by Crippen LogP contribution is 2.27. The van der Waals surface area contributed by atoms with Gasteiger partial charge in [0.25, 0.3) is 5.91 Å². The molecule has 206 valence electrons. The highest BCUT2D eigenvalue weighted by atomic mass is 19.1. The van der Waals surface area contributed by atoms with Gasteiger partial charge in [-0.3, -0.25) is 4.79 Å². The summed E-state index contributed by atoms with van der Waals surface area (Å²) in [5.41, 5.74) is 7.47. The molecule has 2 amide bonds. The molecule has 4 rings (SSSR count). The summed E-state index contributed by atoms with van der Waals surface area (Å²) in [6.45, 7) is 9.58. The van der Waals surface area contributed by atoms with Crippen LogP contribution < -0.4 is 21.3 Å². The van der Waals surface area contributed by atoms with Gasteiger partial charge in [-0.1, -0.05) is 0 Å². The van der Waals surface area contributed by atoms with Gasteiger partial charge in [-0.2, -0.15) is 0 Å². The summed E-state index contributed by atoms with van der Waals surface area (Å²) >= 11 is 0. The summed E-state index contributed by atoms with van der Waals surface area (Å²) < 4.78 is 20.5. The van der Waals surface area contributed by atoms with Crippen LogP contribution in [0.5, 0.6) is 0 Å². The zero-order chi connectivity index (χ0) is 27.4. The first-order chi connectivity index (χ1) is 18.0. The molecule has 0 saturated carbocycles. The number of aromatic nitrogens is 1. The Morgan fingerprint density at radius 2 is 1.79 bits per heavy atom. The predicted octanol–water partition coefficient (Wildman–Crippen LogP) is 3.44. The number of rotatable bonds is 6. The van der Waals surface area contributed by atoms with Gasteiger partial charge in [0.2, 0.25) is 0 Å². The van der Waals surface area contributed by atoms with E-state index >= 15 is 4.39 Å². The quantitative estimate of drug-likeness (QED) is 0.523. The van der Waals surface area contributed by atoms with Crippen LogP contribution in [-0.2, 0) is 4.74 Å². The Hall–Kier alpha value is -3.60. The molecule has 2 aliphatic heterocycles. The van der Waals surface area contributed by atoms with Crippen molar-refractivity contribution in [1.29, 1.82) is 0 Å². The van der Waals surface area contributed by atoms with E-state index in [1.165, 1.54) is 11.1 Å². The number of likely N-dealkylation sites (N-methyl/N-ethyl adjacent to an activating group) is 1. The number of nitrogens with zero attached hydrogens (tertiary/aromatic N) is 4. The lowest BCUT2D eigenvalue weighted by Crippen LogP contribution is -2.51. The number of hydrogen-bond acceptors (Lipinski definition) is 8. The fraction of sp³-hybridized carbons (Fsp3) is 0.519. The van der Waals surface area contributed by atoms with Crippen LogP contribution in [0, 0.1) is 0 Å². The summed E-state index contributed by atoms with van der Waals surface area (Å²) in [7, 11) is 2.13. The fourth-order valence-electron chi connectivity index (χ4n) is 4.57. The maximum Gasteiger partial charge on any atom is 0.410 e. The second-order valence-electron chi connectivity index (χ2n) is 10.9. The van der Waals surface area contributed by atoms with Crippen molar-refractivity contribution in [1.82, 2.24) is 14.8 Å². The van der Waals surface area contributed by atoms with Crippen molar-refractivity contribution in [2.75, 3.05) is 61.8 Å². The normalized spacial score (nSPS) is 20.7. The van der Waals surface area contributed by atoms with Crippen LogP contribution >= 0.6 is 0 Å². The summed E-state index contributed by atoms with van der Waals surface area (Å²) in [5.74, 6) is -0.170. The largest absolute Gasteiger partial charge is 0.444 e. The van der Waals surface area contributed by atoms with Gasteiger partial charge in [0.1, 0.15) is 17.6 Å². The number of ether oxygens (including phenoxy) is 1. The first-order valence-corrected chi connectivity index (χ1v) is 13.0. The summed E-state index contributed by atoms with van der Waals surface area (Å²) in [4.78, 5) is 34.8. The maximum absolute atomic E-state index is 15.1. The first kappa shape index (κ1) is 27.4. The molecule has 0 unspecified atom stereocenters. The number of carbonyl (C=O) groups is 2. The number of carbonyl (C=O) groups excluding carboxylic acids is 2. The standard InChI is InChI=1S/C27H38FN7O3/c1-27(2,3)38-26(37)35-10-9-22(21(28)17-35)32-23-15-24(30-16-20(23)25(29)36)31-18-5-7-19(8-6-18)34-13-11-33(4)12-14-34/h5-8,15-16,21-22H,9-14,17H2,1-4H3,(H2,29,36)(H2,30,31,32)/t21-,22+/m0/s1. The van der Waals surface area contributed by atoms with Crippen LogP contribution in [0.4, 0.5) is 32.1 Å². The minimum absolute atomic E-state index is 0.103. The van der Waals surface area contributed by atoms with Crippen molar-refractivity contribution < 1.29 is 18.7 Å². The molecular weight excluding hydrogens is 489 g/mol. The van der Waals surface area contributed by atoms with Crippen molar-refractivity contribution in [2.24, 2.45) is 5.73 Å². The number of anilines is 4. The van der Waals surface area contributed by atoms with E-state index in [1.54, 1.807) is 26.8 Å². The molecule has 2 saturated heterocycles. The van der Waals surface area contributed by atoms with Crippen molar-refractivity contribution in [3.05, 3.63) is 42.1 Å². The number of piperazine rings is 1. The fourth-order valence-corrected chi connectivity index (χ4v) is 4.57. The number of likely N-dealkylation sites (tertiary alicyclic amines) is 1. The van der Waals surface area contributed by atoms with Gasteiger partial charge in [-0.05, 0) is 58.5 Å². The molecule has 0 spiro atoms. The molecule has 11 heteroatoms. The van der Waals surface area contributed by atoms with Crippen LogP contribution in [0.3, 0.4) is 0 Å². The molecule has 38 heavy (non-hydrogen) atoms. The Kier molecular flexibility index (Phi) is 8.25. The Balaban J connectivity index is 1.42. The first-order valence-electron chi connectivity index (χ1n) is 13.0. The van der Waals surface area contributed by atoms with Crippen molar-refractivity contribution in [3.8, 4) is 0 Å². The molecule has 2 fully saturated rings. The molecule has 2 aliphatic rings. The smallest absolute Gasteiger partial charge is 0.410 e.